The molecule has 1 aromatic heterocycles. The number of hydrogen-bond acceptors (Lipinski definition) is 7. The number of benzene rings is 1. The fourth-order valence-electron chi connectivity index (χ4n) is 2.87. The predicted octanol–water partition coefficient (Wildman–Crippen LogP) is 4.12. The Labute approximate surface area is 189 Å². The van der Waals surface area contributed by atoms with Crippen molar-refractivity contribution in [1.29, 1.82) is 0 Å². The topological polar surface area (TPSA) is 107 Å². The van der Waals surface area contributed by atoms with Gasteiger partial charge >= 0.3 is 18.2 Å². The molecule has 0 bridgehead atoms. The first-order chi connectivity index (χ1) is 16.0. The standard InChI is InChI=1S/C21H17F4N3O6/c1-3-32-18(30)10-33-19-14(5-4-6-26-19)34-15-8-13(12(22)7-11(15)2)28-17(29)9-16(21(23,24)25)27-20(28)31/h4-8H,3,9-10H2,1-2H3. The van der Waals surface area contributed by atoms with Gasteiger partial charge in [0.05, 0.1) is 18.7 Å². The maximum absolute atomic E-state index is 14.6. The van der Waals surface area contributed by atoms with Crippen molar-refractivity contribution in [1.82, 2.24) is 4.98 Å². The van der Waals surface area contributed by atoms with Crippen LogP contribution >= 0.6 is 0 Å². The Kier molecular flexibility index (Phi) is 7.13. The molecule has 0 saturated heterocycles. The molecule has 3 amide bonds. The molecule has 0 unspecified atom stereocenters. The number of imide groups is 1. The van der Waals surface area contributed by atoms with Gasteiger partial charge in [0.1, 0.15) is 17.3 Å². The number of ether oxygens (including phenoxy) is 3. The summed E-state index contributed by atoms with van der Waals surface area (Å²) in [5.41, 5.74) is -1.99. The molecule has 9 nitrogen and oxygen atoms in total. The average Bonchev–Trinajstić information content (AvgIpc) is 2.75. The molecule has 1 aliphatic rings. The Balaban J connectivity index is 1.91. The normalized spacial score (nSPS) is 14.1. The Hall–Kier alpha value is -4.03. The Morgan fingerprint density at radius 2 is 1.94 bits per heavy atom. The van der Waals surface area contributed by atoms with Crippen LogP contribution < -0.4 is 14.4 Å². The lowest BCUT2D eigenvalue weighted by Crippen LogP contribution is -2.44. The summed E-state index contributed by atoms with van der Waals surface area (Å²) in [6.45, 7) is 2.76. The molecule has 2 aromatic rings. The van der Waals surface area contributed by atoms with E-state index < -0.39 is 54.3 Å². The van der Waals surface area contributed by atoms with Gasteiger partial charge in [-0.05, 0) is 37.6 Å². The number of carbonyl (C=O) groups is 3. The molecule has 34 heavy (non-hydrogen) atoms. The molecule has 180 valence electrons. The van der Waals surface area contributed by atoms with E-state index in [1.807, 2.05) is 0 Å². The zero-order valence-electron chi connectivity index (χ0n) is 17.8. The van der Waals surface area contributed by atoms with E-state index in [-0.39, 0.29) is 34.4 Å². The summed E-state index contributed by atoms with van der Waals surface area (Å²) in [7, 11) is 0. The summed E-state index contributed by atoms with van der Waals surface area (Å²) in [6.07, 6.45) is -4.84. The van der Waals surface area contributed by atoms with Gasteiger partial charge in [-0.2, -0.15) is 18.2 Å². The average molecular weight is 483 g/mol. The first kappa shape index (κ1) is 24.6. The lowest BCUT2D eigenvalue weighted by molar-refractivity contribution is -0.145. The second-order valence-corrected chi connectivity index (χ2v) is 6.82. The van der Waals surface area contributed by atoms with Crippen LogP contribution in [-0.4, -0.2) is 48.0 Å². The summed E-state index contributed by atoms with van der Waals surface area (Å²) in [6, 6.07) is 3.22. The van der Waals surface area contributed by atoms with Gasteiger partial charge in [-0.15, -0.1) is 0 Å². The van der Waals surface area contributed by atoms with Crippen LogP contribution in [0.15, 0.2) is 35.5 Å². The van der Waals surface area contributed by atoms with Crippen molar-refractivity contribution in [2.75, 3.05) is 18.1 Å². The molecule has 0 radical (unpaired) electrons. The summed E-state index contributed by atoms with van der Waals surface area (Å²) in [4.78, 5) is 43.0. The number of alkyl halides is 3. The third-order valence-electron chi connectivity index (χ3n) is 4.39. The highest BCUT2D eigenvalue weighted by Gasteiger charge is 2.43. The zero-order valence-corrected chi connectivity index (χ0v) is 17.8. The van der Waals surface area contributed by atoms with Gasteiger partial charge in [0, 0.05) is 12.3 Å². The molecular weight excluding hydrogens is 466 g/mol. The highest BCUT2D eigenvalue weighted by Crippen LogP contribution is 2.36. The monoisotopic (exact) mass is 483 g/mol. The van der Waals surface area contributed by atoms with E-state index in [0.717, 1.165) is 12.1 Å². The highest BCUT2D eigenvalue weighted by molar-refractivity contribution is 6.26. The number of aryl methyl sites for hydroxylation is 1. The molecule has 13 heteroatoms. The molecule has 0 N–H and O–H groups in total. The van der Waals surface area contributed by atoms with Gasteiger partial charge in [-0.3, -0.25) is 4.79 Å². The zero-order chi connectivity index (χ0) is 25.0. The molecule has 3 rings (SSSR count). The van der Waals surface area contributed by atoms with Crippen molar-refractivity contribution in [3.63, 3.8) is 0 Å². The van der Waals surface area contributed by atoms with E-state index in [1.54, 1.807) is 6.92 Å². The van der Waals surface area contributed by atoms with E-state index in [0.29, 0.717) is 0 Å². The van der Waals surface area contributed by atoms with Gasteiger partial charge in [0.2, 0.25) is 5.91 Å². The van der Waals surface area contributed by atoms with E-state index in [9.17, 15) is 31.9 Å². The number of pyridine rings is 1. The summed E-state index contributed by atoms with van der Waals surface area (Å²) in [5, 5.41) is 0. The number of nitrogens with zero attached hydrogens (tertiary/aromatic N) is 3. The van der Waals surface area contributed by atoms with Crippen LogP contribution in [0, 0.1) is 12.7 Å². The van der Waals surface area contributed by atoms with Crippen molar-refractivity contribution in [3.05, 3.63) is 41.8 Å². The number of aromatic nitrogens is 1. The highest BCUT2D eigenvalue weighted by atomic mass is 19.4. The molecule has 0 saturated carbocycles. The first-order valence-corrected chi connectivity index (χ1v) is 9.74. The minimum Gasteiger partial charge on any atom is -0.463 e. The number of carbonyl (C=O) groups excluding carboxylic acids is 3. The molecule has 0 fully saturated rings. The van der Waals surface area contributed by atoms with Crippen LogP contribution in [0.4, 0.5) is 28.0 Å². The van der Waals surface area contributed by atoms with E-state index in [4.69, 9.17) is 14.2 Å². The fraction of sp³-hybridized carbons (Fsp3) is 0.286. The fourth-order valence-corrected chi connectivity index (χ4v) is 2.87. The SMILES string of the molecule is CCOC(=O)COc1ncccc1Oc1cc(N2C(=O)CC(C(F)(F)F)=NC2=O)c(F)cc1C. The maximum Gasteiger partial charge on any atom is 0.430 e. The first-order valence-electron chi connectivity index (χ1n) is 9.74. The second-order valence-electron chi connectivity index (χ2n) is 6.82. The van der Waals surface area contributed by atoms with Crippen LogP contribution in [0.2, 0.25) is 0 Å². The van der Waals surface area contributed by atoms with E-state index >= 15 is 0 Å². The number of urea groups is 1. The number of halogens is 4. The molecule has 1 aliphatic heterocycles. The summed E-state index contributed by atoms with van der Waals surface area (Å²) < 4.78 is 68.9. The number of rotatable bonds is 7. The van der Waals surface area contributed by atoms with Crippen LogP contribution in [0.1, 0.15) is 18.9 Å². The second kappa shape index (κ2) is 9.85. The largest absolute Gasteiger partial charge is 0.463 e. The molecule has 1 aromatic carbocycles. The third-order valence-corrected chi connectivity index (χ3v) is 4.39. The summed E-state index contributed by atoms with van der Waals surface area (Å²) in [5.74, 6) is -3.17. The molecule has 0 aliphatic carbocycles. The third kappa shape index (κ3) is 5.47. The van der Waals surface area contributed by atoms with Crippen LogP contribution in [0.25, 0.3) is 0 Å². The molecule has 0 atom stereocenters. The molecular formula is C21H17F4N3O6. The summed E-state index contributed by atoms with van der Waals surface area (Å²) >= 11 is 0. The smallest absolute Gasteiger partial charge is 0.430 e. The maximum atomic E-state index is 14.6. The number of anilines is 1. The van der Waals surface area contributed by atoms with E-state index in [1.165, 1.54) is 25.3 Å². The van der Waals surface area contributed by atoms with Crippen molar-refractivity contribution in [2.45, 2.75) is 26.4 Å². The van der Waals surface area contributed by atoms with Gasteiger partial charge in [0.25, 0.3) is 5.88 Å². The van der Waals surface area contributed by atoms with Crippen molar-refractivity contribution >= 4 is 29.3 Å². The number of amides is 3. The van der Waals surface area contributed by atoms with Crippen molar-refractivity contribution in [2.24, 2.45) is 4.99 Å². The Morgan fingerprint density at radius 3 is 2.59 bits per heavy atom. The number of hydrogen-bond donors (Lipinski definition) is 0. The lowest BCUT2D eigenvalue weighted by Gasteiger charge is -2.25. The Bertz CT molecular complexity index is 1170. The van der Waals surface area contributed by atoms with Crippen LogP contribution in [-0.2, 0) is 14.3 Å². The van der Waals surface area contributed by atoms with Gasteiger partial charge in [-0.1, -0.05) is 0 Å². The molecule has 2 heterocycles. The van der Waals surface area contributed by atoms with Gasteiger partial charge in [-0.25, -0.2) is 23.9 Å². The van der Waals surface area contributed by atoms with Crippen molar-refractivity contribution < 1.29 is 46.2 Å². The van der Waals surface area contributed by atoms with Gasteiger partial charge < -0.3 is 14.2 Å². The molecule has 0 spiro atoms. The minimum absolute atomic E-state index is 0.00105. The van der Waals surface area contributed by atoms with Crippen LogP contribution in [0.3, 0.4) is 0 Å². The van der Waals surface area contributed by atoms with E-state index in [2.05, 4.69) is 9.98 Å². The minimum atomic E-state index is -4.97. The van der Waals surface area contributed by atoms with Gasteiger partial charge in [0.15, 0.2) is 12.4 Å². The Morgan fingerprint density at radius 1 is 1.21 bits per heavy atom. The lowest BCUT2D eigenvalue weighted by atomic mass is 10.1. The predicted molar refractivity (Wildman–Crippen MR) is 109 cm³/mol. The number of aliphatic imine (C=N–C) groups is 1. The van der Waals surface area contributed by atoms with Crippen molar-refractivity contribution in [3.8, 4) is 17.4 Å². The van der Waals surface area contributed by atoms with Crippen LogP contribution in [0.5, 0.6) is 17.4 Å². The number of esters is 1. The quantitative estimate of drug-likeness (QED) is 0.431.